The lowest BCUT2D eigenvalue weighted by Crippen LogP contribution is -2.47. The van der Waals surface area contributed by atoms with Gasteiger partial charge in [-0.05, 0) is 23.8 Å². The zero-order valence-corrected chi connectivity index (χ0v) is 20.1. The molecule has 2 aliphatic rings. The van der Waals surface area contributed by atoms with Crippen LogP contribution in [-0.4, -0.2) is 89.3 Å². The van der Waals surface area contributed by atoms with E-state index >= 15 is 0 Å². The number of nitrogens with one attached hydrogen (secondary N) is 1. The van der Waals surface area contributed by atoms with Crippen LogP contribution >= 0.6 is 0 Å². The first-order chi connectivity index (χ1) is 16.5. The maximum atomic E-state index is 13.2. The van der Waals surface area contributed by atoms with Gasteiger partial charge in [0.05, 0.1) is 33.0 Å². The van der Waals surface area contributed by atoms with Gasteiger partial charge in [0.1, 0.15) is 10.6 Å². The quantitative estimate of drug-likeness (QED) is 0.598. The van der Waals surface area contributed by atoms with E-state index in [9.17, 15) is 13.2 Å². The molecule has 0 radical (unpaired) electrons. The molecule has 0 aromatic heterocycles. The summed E-state index contributed by atoms with van der Waals surface area (Å²) in [5.74, 6) is -0.153. The summed E-state index contributed by atoms with van der Waals surface area (Å²) in [4.78, 5) is 15.1. The largest absolute Gasteiger partial charge is 0.495 e. The number of ether oxygens (including phenoxy) is 3. The molecule has 4 rings (SSSR count). The first-order valence-corrected chi connectivity index (χ1v) is 12.8. The van der Waals surface area contributed by atoms with Crippen molar-refractivity contribution in [2.24, 2.45) is 0 Å². The second-order valence-electron chi connectivity index (χ2n) is 8.31. The fraction of sp³-hybridized carbons (Fsp3) is 0.458. The van der Waals surface area contributed by atoms with Crippen LogP contribution in [0.1, 0.15) is 15.9 Å². The highest BCUT2D eigenvalue weighted by Crippen LogP contribution is 2.28. The molecule has 1 unspecified atom stereocenters. The highest BCUT2D eigenvalue weighted by Gasteiger charge is 2.30. The Morgan fingerprint density at radius 1 is 1.09 bits per heavy atom. The van der Waals surface area contributed by atoms with Crippen LogP contribution in [0, 0.1) is 0 Å². The van der Waals surface area contributed by atoms with E-state index in [-0.39, 0.29) is 41.3 Å². The van der Waals surface area contributed by atoms with Crippen molar-refractivity contribution in [3.05, 3.63) is 59.7 Å². The summed E-state index contributed by atoms with van der Waals surface area (Å²) in [6.07, 6.45) is -0.142. The fourth-order valence-electron chi connectivity index (χ4n) is 4.14. The third-order valence-electron chi connectivity index (χ3n) is 5.98. The Morgan fingerprint density at radius 3 is 2.59 bits per heavy atom. The van der Waals surface area contributed by atoms with E-state index in [1.165, 1.54) is 29.1 Å². The topological polar surface area (TPSA) is 97.4 Å². The van der Waals surface area contributed by atoms with Crippen molar-refractivity contribution in [2.75, 3.05) is 59.7 Å². The summed E-state index contributed by atoms with van der Waals surface area (Å²) >= 11 is 0. The lowest BCUT2D eigenvalue weighted by molar-refractivity contribution is -0.0292. The van der Waals surface area contributed by atoms with Crippen LogP contribution in [0.2, 0.25) is 0 Å². The van der Waals surface area contributed by atoms with Crippen molar-refractivity contribution in [3.63, 3.8) is 0 Å². The van der Waals surface area contributed by atoms with Crippen molar-refractivity contribution in [1.82, 2.24) is 14.5 Å². The Balaban J connectivity index is 1.39. The number of carbonyl (C=O) groups excluding carboxylic acids is 1. The molecule has 9 nitrogen and oxygen atoms in total. The first-order valence-electron chi connectivity index (χ1n) is 11.4. The van der Waals surface area contributed by atoms with E-state index in [0.717, 1.165) is 13.1 Å². The molecule has 2 heterocycles. The number of benzene rings is 2. The molecular weight excluding hydrogens is 458 g/mol. The first kappa shape index (κ1) is 24.6. The number of hydrogen-bond donors (Lipinski definition) is 1. The van der Waals surface area contributed by atoms with Gasteiger partial charge in [0.2, 0.25) is 10.0 Å². The van der Waals surface area contributed by atoms with Crippen molar-refractivity contribution < 1.29 is 27.4 Å². The summed E-state index contributed by atoms with van der Waals surface area (Å²) in [5.41, 5.74) is 1.49. The molecule has 10 heteroatoms. The Hall–Kier alpha value is -2.50. The van der Waals surface area contributed by atoms with Crippen LogP contribution in [0.15, 0.2) is 53.4 Å². The lowest BCUT2D eigenvalue weighted by Gasteiger charge is -2.33. The van der Waals surface area contributed by atoms with E-state index in [1.807, 2.05) is 18.2 Å². The van der Waals surface area contributed by atoms with E-state index in [4.69, 9.17) is 14.2 Å². The van der Waals surface area contributed by atoms with E-state index in [0.29, 0.717) is 32.9 Å². The van der Waals surface area contributed by atoms with Crippen LogP contribution in [0.4, 0.5) is 0 Å². The second kappa shape index (κ2) is 11.3. The van der Waals surface area contributed by atoms with E-state index in [1.54, 1.807) is 6.07 Å². The number of methoxy groups -OCH3 is 1. The van der Waals surface area contributed by atoms with Crippen molar-refractivity contribution >= 4 is 15.9 Å². The van der Waals surface area contributed by atoms with Crippen molar-refractivity contribution in [3.8, 4) is 5.75 Å². The zero-order valence-electron chi connectivity index (χ0n) is 19.3. The minimum atomic E-state index is -3.82. The molecule has 2 aliphatic heterocycles. The van der Waals surface area contributed by atoms with E-state index < -0.39 is 10.0 Å². The maximum absolute atomic E-state index is 13.2. The Kier molecular flexibility index (Phi) is 8.17. The maximum Gasteiger partial charge on any atom is 0.251 e. The van der Waals surface area contributed by atoms with Crippen molar-refractivity contribution in [1.29, 1.82) is 0 Å². The number of nitrogens with zero attached hydrogens (tertiary/aromatic N) is 2. The normalized spacial score (nSPS) is 20.1. The highest BCUT2D eigenvalue weighted by atomic mass is 32.2. The van der Waals surface area contributed by atoms with Gasteiger partial charge in [-0.15, -0.1) is 0 Å². The molecule has 0 spiro atoms. The molecule has 2 saturated heterocycles. The van der Waals surface area contributed by atoms with Gasteiger partial charge in [-0.1, -0.05) is 30.3 Å². The molecule has 1 amide bonds. The molecule has 2 fully saturated rings. The Morgan fingerprint density at radius 2 is 1.85 bits per heavy atom. The molecule has 184 valence electrons. The molecule has 1 atom stereocenters. The molecule has 0 bridgehead atoms. The predicted octanol–water partition coefficient (Wildman–Crippen LogP) is 1.35. The molecule has 1 N–H and O–H groups in total. The lowest BCUT2D eigenvalue weighted by atomic mass is 10.1. The van der Waals surface area contributed by atoms with Crippen molar-refractivity contribution in [2.45, 2.75) is 17.5 Å². The van der Waals surface area contributed by atoms with E-state index in [2.05, 4.69) is 22.3 Å². The number of sulfonamides is 1. The van der Waals surface area contributed by atoms with Crippen LogP contribution < -0.4 is 10.1 Å². The van der Waals surface area contributed by atoms with Gasteiger partial charge in [-0.3, -0.25) is 9.69 Å². The number of amides is 1. The molecule has 34 heavy (non-hydrogen) atoms. The summed E-state index contributed by atoms with van der Waals surface area (Å²) < 4.78 is 44.1. The van der Waals surface area contributed by atoms with Gasteiger partial charge in [0.15, 0.2) is 0 Å². The number of carbonyl (C=O) groups is 1. The third kappa shape index (κ3) is 5.94. The standard InChI is InChI=1S/C24H31N3O6S/c1-31-22-8-7-20(15-23(22)34(29,30)27-10-12-32-13-11-27)24(28)25-16-21-18-26(9-14-33-21)17-19-5-3-2-4-6-19/h2-8,15,21H,9-14,16-18H2,1H3,(H,25,28). The number of rotatable bonds is 8. The van der Waals surface area contributed by atoms with Gasteiger partial charge >= 0.3 is 0 Å². The summed E-state index contributed by atoms with van der Waals surface area (Å²) in [6.45, 7) is 4.50. The van der Waals surface area contributed by atoms with Crippen LogP contribution in [0.25, 0.3) is 0 Å². The molecule has 0 aliphatic carbocycles. The van der Waals surface area contributed by atoms with Gasteiger partial charge in [-0.25, -0.2) is 8.42 Å². The summed E-state index contributed by atoms with van der Waals surface area (Å²) in [7, 11) is -2.40. The van der Waals surface area contributed by atoms with Crippen LogP contribution in [-0.2, 0) is 26.0 Å². The Bertz CT molecular complexity index is 1070. The van der Waals surface area contributed by atoms with Gasteiger partial charge in [-0.2, -0.15) is 4.31 Å². The number of hydrogen-bond acceptors (Lipinski definition) is 7. The molecular formula is C24H31N3O6S. The minimum Gasteiger partial charge on any atom is -0.495 e. The Labute approximate surface area is 200 Å². The average molecular weight is 490 g/mol. The highest BCUT2D eigenvalue weighted by molar-refractivity contribution is 7.89. The molecule has 2 aromatic carbocycles. The summed E-state index contributed by atoms with van der Waals surface area (Å²) in [6, 6.07) is 14.7. The molecule has 0 saturated carbocycles. The fourth-order valence-corrected chi connectivity index (χ4v) is 5.73. The zero-order chi connectivity index (χ0) is 24.0. The summed E-state index contributed by atoms with van der Waals surface area (Å²) in [5, 5.41) is 2.89. The third-order valence-corrected chi connectivity index (χ3v) is 7.90. The molecule has 2 aromatic rings. The van der Waals surface area contributed by atoms with Gasteiger partial charge < -0.3 is 19.5 Å². The van der Waals surface area contributed by atoms with Crippen LogP contribution in [0.5, 0.6) is 5.75 Å². The number of morpholine rings is 2. The predicted molar refractivity (Wildman–Crippen MR) is 126 cm³/mol. The van der Waals surface area contributed by atoms with Crippen LogP contribution in [0.3, 0.4) is 0 Å². The SMILES string of the molecule is COc1ccc(C(=O)NCC2CN(Cc3ccccc3)CCO2)cc1S(=O)(=O)N1CCOCC1. The second-order valence-corrected chi connectivity index (χ2v) is 10.2. The van der Waals surface area contributed by atoms with Gasteiger partial charge in [0, 0.05) is 44.8 Å². The van der Waals surface area contributed by atoms with Gasteiger partial charge in [0.25, 0.3) is 5.91 Å². The smallest absolute Gasteiger partial charge is 0.251 e. The monoisotopic (exact) mass is 489 g/mol. The average Bonchev–Trinajstić information content (AvgIpc) is 2.88. The minimum absolute atomic E-state index is 0.0208.